The van der Waals surface area contributed by atoms with E-state index in [4.69, 9.17) is 10.5 Å². The quantitative estimate of drug-likeness (QED) is 0.600. The largest absolute Gasteiger partial charge is 0.478 e. The van der Waals surface area contributed by atoms with Crippen molar-refractivity contribution in [2.24, 2.45) is 0 Å². The molecule has 3 aromatic rings. The summed E-state index contributed by atoms with van der Waals surface area (Å²) in [5.74, 6) is 0.499. The maximum atomic E-state index is 13.0. The summed E-state index contributed by atoms with van der Waals surface area (Å²) in [6.07, 6.45) is 5.61. The first-order chi connectivity index (χ1) is 14.1. The van der Waals surface area contributed by atoms with Crippen molar-refractivity contribution in [3.05, 3.63) is 36.3 Å². The first-order valence-electron chi connectivity index (χ1n) is 9.77. The van der Waals surface area contributed by atoms with E-state index in [1.165, 1.54) is 6.33 Å². The molecule has 0 atom stereocenters. The zero-order valence-corrected chi connectivity index (χ0v) is 16.2. The number of carbonyl (C=O) groups is 1. The number of ether oxygens (including phenoxy) is 1. The highest BCUT2D eigenvalue weighted by molar-refractivity contribution is 6.05. The fourth-order valence-corrected chi connectivity index (χ4v) is 3.73. The first kappa shape index (κ1) is 19.1. The van der Waals surface area contributed by atoms with E-state index in [1.54, 1.807) is 22.8 Å². The van der Waals surface area contributed by atoms with E-state index in [1.807, 2.05) is 13.0 Å². The Morgan fingerprint density at radius 1 is 1.31 bits per heavy atom. The Bertz CT molecular complexity index is 1030. The van der Waals surface area contributed by atoms with E-state index >= 15 is 0 Å². The minimum Gasteiger partial charge on any atom is -0.478 e. The molecule has 1 amide bonds. The fourth-order valence-electron chi connectivity index (χ4n) is 3.73. The van der Waals surface area contributed by atoms with Crippen molar-refractivity contribution in [2.45, 2.75) is 44.8 Å². The van der Waals surface area contributed by atoms with Crippen molar-refractivity contribution in [1.29, 1.82) is 0 Å². The number of rotatable bonds is 5. The highest BCUT2D eigenvalue weighted by Gasteiger charge is 2.25. The molecule has 4 N–H and O–H groups in total. The number of pyridine rings is 1. The first-order valence-corrected chi connectivity index (χ1v) is 9.77. The molecule has 0 aliphatic heterocycles. The van der Waals surface area contributed by atoms with Gasteiger partial charge in [-0.05, 0) is 44.7 Å². The number of carbonyl (C=O) groups excluding carboxylic acids is 1. The predicted octanol–water partition coefficient (Wildman–Crippen LogP) is 1.81. The molecular formula is C20H24N6O3. The Hall–Kier alpha value is -3.20. The highest BCUT2D eigenvalue weighted by atomic mass is 16.5. The zero-order valence-electron chi connectivity index (χ0n) is 16.2. The minimum absolute atomic E-state index is 0.0284. The van der Waals surface area contributed by atoms with Crippen LogP contribution in [0.5, 0.6) is 5.88 Å². The third-order valence-corrected chi connectivity index (χ3v) is 5.18. The Morgan fingerprint density at radius 3 is 2.86 bits per heavy atom. The molecule has 0 saturated heterocycles. The third-order valence-electron chi connectivity index (χ3n) is 5.18. The van der Waals surface area contributed by atoms with Crippen LogP contribution in [0.15, 0.2) is 30.7 Å². The molecule has 4 rings (SSSR count). The Labute approximate surface area is 167 Å². The summed E-state index contributed by atoms with van der Waals surface area (Å²) in [4.78, 5) is 21.3. The molecule has 9 heteroatoms. The highest BCUT2D eigenvalue weighted by Crippen LogP contribution is 2.29. The molecule has 152 valence electrons. The van der Waals surface area contributed by atoms with Gasteiger partial charge in [0.05, 0.1) is 24.0 Å². The van der Waals surface area contributed by atoms with E-state index in [9.17, 15) is 9.90 Å². The second-order valence-electron chi connectivity index (χ2n) is 7.14. The second-order valence-corrected chi connectivity index (χ2v) is 7.14. The predicted molar refractivity (Wildman–Crippen MR) is 108 cm³/mol. The van der Waals surface area contributed by atoms with Crippen LogP contribution in [0.1, 0.15) is 43.0 Å². The molecule has 0 unspecified atom stereocenters. The van der Waals surface area contributed by atoms with E-state index in [2.05, 4.69) is 20.4 Å². The summed E-state index contributed by atoms with van der Waals surface area (Å²) in [7, 11) is 0. The van der Waals surface area contributed by atoms with Crippen LogP contribution < -0.4 is 15.8 Å². The lowest BCUT2D eigenvalue weighted by Gasteiger charge is -2.26. The van der Waals surface area contributed by atoms with Crippen molar-refractivity contribution in [3.63, 3.8) is 0 Å². The standard InChI is InChI=1S/C20H24N6O3/c1-2-29-17-9-12(7-8-22-17)16-10-15(18-19(21)23-11-24-26(16)18)20(28)25-13-3-5-14(27)6-4-13/h7-11,13-14,27H,2-6H2,1H3,(H,25,28)(H2,21,23,24)/t13-,14-. The van der Waals surface area contributed by atoms with Crippen LogP contribution in [0.25, 0.3) is 16.8 Å². The van der Waals surface area contributed by atoms with Crippen molar-refractivity contribution in [1.82, 2.24) is 24.9 Å². The van der Waals surface area contributed by atoms with Crippen molar-refractivity contribution in [2.75, 3.05) is 12.3 Å². The minimum atomic E-state index is -0.277. The molecule has 1 saturated carbocycles. The van der Waals surface area contributed by atoms with Gasteiger partial charge in [-0.25, -0.2) is 14.5 Å². The van der Waals surface area contributed by atoms with Crippen LogP contribution in [-0.4, -0.2) is 49.3 Å². The number of nitrogens with two attached hydrogens (primary N) is 1. The van der Waals surface area contributed by atoms with Gasteiger partial charge in [0.2, 0.25) is 5.88 Å². The topological polar surface area (TPSA) is 128 Å². The van der Waals surface area contributed by atoms with Crippen LogP contribution in [-0.2, 0) is 0 Å². The van der Waals surface area contributed by atoms with Gasteiger partial charge in [0.15, 0.2) is 5.82 Å². The van der Waals surface area contributed by atoms with Crippen LogP contribution in [0.4, 0.5) is 5.82 Å². The van der Waals surface area contributed by atoms with Crippen LogP contribution in [0, 0.1) is 0 Å². The van der Waals surface area contributed by atoms with Crippen molar-refractivity contribution >= 4 is 17.2 Å². The van der Waals surface area contributed by atoms with E-state index in [-0.39, 0.29) is 23.9 Å². The van der Waals surface area contributed by atoms with Gasteiger partial charge in [-0.15, -0.1) is 0 Å². The van der Waals surface area contributed by atoms with Crippen molar-refractivity contribution < 1.29 is 14.6 Å². The Kier molecular flexibility index (Phi) is 5.30. The van der Waals surface area contributed by atoms with Gasteiger partial charge in [-0.3, -0.25) is 4.79 Å². The second kappa shape index (κ2) is 8.04. The Morgan fingerprint density at radius 2 is 2.10 bits per heavy atom. The van der Waals surface area contributed by atoms with Gasteiger partial charge in [-0.2, -0.15) is 5.10 Å². The lowest BCUT2D eigenvalue weighted by molar-refractivity contribution is 0.0869. The number of aromatic nitrogens is 4. The molecule has 0 bridgehead atoms. The smallest absolute Gasteiger partial charge is 0.253 e. The third kappa shape index (κ3) is 3.86. The fraction of sp³-hybridized carbons (Fsp3) is 0.400. The molecule has 1 aliphatic rings. The summed E-state index contributed by atoms with van der Waals surface area (Å²) in [6.45, 7) is 2.39. The molecule has 0 aromatic carbocycles. The average molecular weight is 396 g/mol. The Balaban J connectivity index is 1.72. The number of hydrogen-bond acceptors (Lipinski definition) is 7. The molecule has 1 fully saturated rings. The van der Waals surface area contributed by atoms with Crippen LogP contribution >= 0.6 is 0 Å². The SMILES string of the molecule is CCOc1cc(-c2cc(C(=O)N[C@H]3CC[C@H](O)CC3)c3c(N)ncnn23)ccn1. The summed E-state index contributed by atoms with van der Waals surface area (Å²) in [5.41, 5.74) is 8.47. The van der Waals surface area contributed by atoms with Gasteiger partial charge < -0.3 is 20.9 Å². The number of nitrogen functional groups attached to an aromatic ring is 1. The maximum Gasteiger partial charge on any atom is 0.253 e. The van der Waals surface area contributed by atoms with Gasteiger partial charge in [0.1, 0.15) is 11.8 Å². The molecular weight excluding hydrogens is 372 g/mol. The monoisotopic (exact) mass is 396 g/mol. The summed E-state index contributed by atoms with van der Waals surface area (Å²) in [6, 6.07) is 5.42. The summed E-state index contributed by atoms with van der Waals surface area (Å²) in [5, 5.41) is 17.0. The molecule has 29 heavy (non-hydrogen) atoms. The average Bonchev–Trinajstić information content (AvgIpc) is 3.11. The summed E-state index contributed by atoms with van der Waals surface area (Å²) >= 11 is 0. The van der Waals surface area contributed by atoms with E-state index in [0.717, 1.165) is 18.4 Å². The zero-order chi connectivity index (χ0) is 20.4. The van der Waals surface area contributed by atoms with Gasteiger partial charge in [-0.1, -0.05) is 0 Å². The molecule has 3 aromatic heterocycles. The molecule has 0 radical (unpaired) electrons. The van der Waals surface area contributed by atoms with Gasteiger partial charge >= 0.3 is 0 Å². The molecule has 3 heterocycles. The number of fused-ring (bicyclic) bond motifs is 1. The van der Waals surface area contributed by atoms with Gasteiger partial charge in [0, 0.05) is 23.9 Å². The number of aliphatic hydroxyl groups excluding tert-OH is 1. The lowest BCUT2D eigenvalue weighted by Crippen LogP contribution is -2.38. The number of nitrogens with zero attached hydrogens (tertiary/aromatic N) is 4. The number of anilines is 1. The maximum absolute atomic E-state index is 13.0. The number of aliphatic hydroxyl groups is 1. The van der Waals surface area contributed by atoms with E-state index in [0.29, 0.717) is 42.1 Å². The normalized spacial score (nSPS) is 19.2. The number of amides is 1. The lowest BCUT2D eigenvalue weighted by atomic mass is 9.93. The summed E-state index contributed by atoms with van der Waals surface area (Å²) < 4.78 is 7.11. The molecule has 9 nitrogen and oxygen atoms in total. The van der Waals surface area contributed by atoms with Crippen LogP contribution in [0.2, 0.25) is 0 Å². The van der Waals surface area contributed by atoms with Crippen molar-refractivity contribution in [3.8, 4) is 17.1 Å². The number of hydrogen-bond donors (Lipinski definition) is 3. The van der Waals surface area contributed by atoms with Crippen LogP contribution in [0.3, 0.4) is 0 Å². The van der Waals surface area contributed by atoms with E-state index < -0.39 is 0 Å². The van der Waals surface area contributed by atoms with Gasteiger partial charge in [0.25, 0.3) is 5.91 Å². The molecule has 1 aliphatic carbocycles. The number of nitrogens with one attached hydrogen (secondary N) is 1. The molecule has 0 spiro atoms.